The van der Waals surface area contributed by atoms with Gasteiger partial charge in [0.1, 0.15) is 0 Å². The maximum atomic E-state index is 13.6. The van der Waals surface area contributed by atoms with Crippen molar-refractivity contribution in [3.05, 3.63) is 48.2 Å². The van der Waals surface area contributed by atoms with E-state index in [0.29, 0.717) is 26.2 Å². The molecule has 3 heterocycles. The molecule has 0 saturated carbocycles. The van der Waals surface area contributed by atoms with Crippen molar-refractivity contribution in [1.82, 2.24) is 19.4 Å². The first-order chi connectivity index (χ1) is 12.5. The molecule has 140 valence electrons. The third-order valence-corrected chi connectivity index (χ3v) is 4.50. The number of amides is 1. The molecule has 0 aromatic carbocycles. The van der Waals surface area contributed by atoms with Gasteiger partial charge in [-0.25, -0.2) is 9.37 Å². The summed E-state index contributed by atoms with van der Waals surface area (Å²) in [7, 11) is 3.79. The fourth-order valence-corrected chi connectivity index (χ4v) is 3.22. The number of aromatic nitrogens is 2. The molecule has 6 nitrogen and oxygen atoms in total. The summed E-state index contributed by atoms with van der Waals surface area (Å²) in [6.07, 6.45) is 4.28. The van der Waals surface area contributed by atoms with Crippen LogP contribution in [0.2, 0.25) is 0 Å². The number of rotatable bonds is 6. The molecule has 0 radical (unpaired) electrons. The second-order valence-electron chi connectivity index (χ2n) is 6.96. The molecule has 7 heteroatoms. The molecule has 3 rings (SSSR count). The highest BCUT2D eigenvalue weighted by Gasteiger charge is 2.25. The molecule has 1 atom stereocenters. The number of likely N-dealkylation sites (N-methyl/N-ethyl adjacent to an activating group) is 1. The summed E-state index contributed by atoms with van der Waals surface area (Å²) >= 11 is 0. The lowest BCUT2D eigenvalue weighted by Gasteiger charge is -2.25. The van der Waals surface area contributed by atoms with E-state index >= 15 is 0 Å². The Morgan fingerprint density at radius 1 is 1.35 bits per heavy atom. The van der Waals surface area contributed by atoms with E-state index in [4.69, 9.17) is 4.74 Å². The van der Waals surface area contributed by atoms with Gasteiger partial charge in [0.25, 0.3) is 0 Å². The van der Waals surface area contributed by atoms with Gasteiger partial charge in [0.15, 0.2) is 5.82 Å². The van der Waals surface area contributed by atoms with Crippen molar-refractivity contribution < 1.29 is 13.9 Å². The van der Waals surface area contributed by atoms with Gasteiger partial charge in [0.05, 0.1) is 19.7 Å². The third kappa shape index (κ3) is 4.60. The molecule has 26 heavy (non-hydrogen) atoms. The summed E-state index contributed by atoms with van der Waals surface area (Å²) in [5, 5.41) is 0. The zero-order chi connectivity index (χ0) is 18.5. The first kappa shape index (κ1) is 18.4. The molecule has 1 aliphatic heterocycles. The number of ether oxygens (including phenoxy) is 1. The van der Waals surface area contributed by atoms with Crippen LogP contribution >= 0.6 is 0 Å². The molecule has 0 spiro atoms. The minimum absolute atomic E-state index is 0.0308. The minimum Gasteiger partial charge on any atom is -0.476 e. The SMILES string of the molecule is CN(C)CC(=O)N1Cc2cccn2C[C@H](CCOc2ncccc2F)C1. The first-order valence-corrected chi connectivity index (χ1v) is 8.82. The molecule has 0 aliphatic carbocycles. The van der Waals surface area contributed by atoms with E-state index in [-0.39, 0.29) is 17.7 Å². The van der Waals surface area contributed by atoms with Gasteiger partial charge in [-0.3, -0.25) is 4.79 Å². The summed E-state index contributed by atoms with van der Waals surface area (Å²) in [6.45, 7) is 2.87. The monoisotopic (exact) mass is 360 g/mol. The largest absolute Gasteiger partial charge is 0.476 e. The van der Waals surface area contributed by atoms with Gasteiger partial charge in [-0.05, 0) is 50.7 Å². The number of halogens is 1. The molecule has 1 aliphatic rings. The zero-order valence-corrected chi connectivity index (χ0v) is 15.3. The Morgan fingerprint density at radius 3 is 2.96 bits per heavy atom. The Hall–Kier alpha value is -2.41. The summed E-state index contributed by atoms with van der Waals surface area (Å²) in [5.41, 5.74) is 1.14. The van der Waals surface area contributed by atoms with Crippen molar-refractivity contribution in [1.29, 1.82) is 0 Å². The maximum absolute atomic E-state index is 13.6. The topological polar surface area (TPSA) is 50.6 Å². The van der Waals surface area contributed by atoms with Crippen LogP contribution in [0, 0.1) is 11.7 Å². The van der Waals surface area contributed by atoms with Gasteiger partial charge in [-0.1, -0.05) is 0 Å². The highest BCUT2D eigenvalue weighted by molar-refractivity contribution is 5.78. The lowest BCUT2D eigenvalue weighted by atomic mass is 10.1. The van der Waals surface area contributed by atoms with Crippen LogP contribution in [0.3, 0.4) is 0 Å². The summed E-state index contributed by atoms with van der Waals surface area (Å²) in [6, 6.07) is 6.93. The van der Waals surface area contributed by atoms with Crippen LogP contribution in [0.25, 0.3) is 0 Å². The Morgan fingerprint density at radius 2 is 2.19 bits per heavy atom. The average molecular weight is 360 g/mol. The molecule has 2 aromatic rings. The molecule has 0 unspecified atom stereocenters. The molecule has 0 saturated heterocycles. The van der Waals surface area contributed by atoms with Gasteiger partial charge < -0.3 is 19.1 Å². The van der Waals surface area contributed by atoms with Crippen LogP contribution in [0.5, 0.6) is 5.88 Å². The summed E-state index contributed by atoms with van der Waals surface area (Å²) in [5.74, 6) is -0.0694. The Kier molecular flexibility index (Phi) is 5.88. The summed E-state index contributed by atoms with van der Waals surface area (Å²) < 4.78 is 21.3. The second-order valence-corrected chi connectivity index (χ2v) is 6.96. The Bertz CT molecular complexity index is 747. The predicted molar refractivity (Wildman–Crippen MR) is 96.2 cm³/mol. The molecule has 0 fully saturated rings. The van der Waals surface area contributed by atoms with Crippen molar-refractivity contribution in [2.75, 3.05) is 33.8 Å². The van der Waals surface area contributed by atoms with E-state index in [1.54, 1.807) is 0 Å². The molecule has 0 N–H and O–H groups in total. The number of pyridine rings is 1. The molecular formula is C19H25FN4O2. The van der Waals surface area contributed by atoms with Crippen molar-refractivity contribution >= 4 is 5.91 Å². The highest BCUT2D eigenvalue weighted by Crippen LogP contribution is 2.20. The zero-order valence-electron chi connectivity index (χ0n) is 15.3. The van der Waals surface area contributed by atoms with E-state index in [9.17, 15) is 9.18 Å². The van der Waals surface area contributed by atoms with Crippen molar-refractivity contribution in [2.45, 2.75) is 19.5 Å². The van der Waals surface area contributed by atoms with Crippen molar-refractivity contribution in [3.63, 3.8) is 0 Å². The lowest BCUT2D eigenvalue weighted by Crippen LogP contribution is -2.39. The number of fused-ring (bicyclic) bond motifs is 1. The van der Waals surface area contributed by atoms with E-state index < -0.39 is 5.82 Å². The molecule has 1 amide bonds. The second kappa shape index (κ2) is 8.31. The third-order valence-electron chi connectivity index (χ3n) is 4.50. The van der Waals surface area contributed by atoms with Crippen LogP contribution in [0.15, 0.2) is 36.7 Å². The number of hydrogen-bond donors (Lipinski definition) is 0. The van der Waals surface area contributed by atoms with E-state index in [1.165, 1.54) is 18.3 Å². The molecule has 2 aromatic heterocycles. The van der Waals surface area contributed by atoms with E-state index in [2.05, 4.69) is 15.6 Å². The van der Waals surface area contributed by atoms with E-state index in [1.807, 2.05) is 36.2 Å². The van der Waals surface area contributed by atoms with Crippen molar-refractivity contribution in [2.24, 2.45) is 5.92 Å². The Labute approximate surface area is 153 Å². The fraction of sp³-hybridized carbons (Fsp3) is 0.474. The number of nitrogens with zero attached hydrogens (tertiary/aromatic N) is 4. The van der Waals surface area contributed by atoms with Gasteiger partial charge in [-0.15, -0.1) is 0 Å². The highest BCUT2D eigenvalue weighted by atomic mass is 19.1. The summed E-state index contributed by atoms with van der Waals surface area (Å²) in [4.78, 5) is 20.3. The normalized spacial score (nSPS) is 17.1. The average Bonchev–Trinajstić information content (AvgIpc) is 2.94. The van der Waals surface area contributed by atoms with Gasteiger partial charge >= 0.3 is 0 Å². The quantitative estimate of drug-likeness (QED) is 0.791. The smallest absolute Gasteiger partial charge is 0.250 e. The number of hydrogen-bond acceptors (Lipinski definition) is 4. The Balaban J connectivity index is 1.64. The van der Waals surface area contributed by atoms with Crippen LogP contribution < -0.4 is 4.74 Å². The maximum Gasteiger partial charge on any atom is 0.250 e. The number of carbonyl (C=O) groups is 1. The number of carbonyl (C=O) groups excluding carboxylic acids is 1. The van der Waals surface area contributed by atoms with E-state index in [0.717, 1.165) is 18.7 Å². The minimum atomic E-state index is -0.455. The van der Waals surface area contributed by atoms with Gasteiger partial charge in [0.2, 0.25) is 11.8 Å². The van der Waals surface area contributed by atoms with Crippen LogP contribution in [-0.4, -0.2) is 59.0 Å². The standard InChI is InChI=1S/C19H25FN4O2/c1-22(2)14-18(25)24-12-15(11-23-9-4-5-16(23)13-24)7-10-26-19-17(20)6-3-8-21-19/h3-6,8-9,15H,7,10-14H2,1-2H3/t15-/m0/s1. The van der Waals surface area contributed by atoms with Crippen LogP contribution in [-0.2, 0) is 17.9 Å². The van der Waals surface area contributed by atoms with Crippen LogP contribution in [0.4, 0.5) is 4.39 Å². The fourth-order valence-electron chi connectivity index (χ4n) is 3.22. The van der Waals surface area contributed by atoms with Gasteiger partial charge in [0, 0.05) is 31.2 Å². The van der Waals surface area contributed by atoms with Gasteiger partial charge in [-0.2, -0.15) is 0 Å². The first-order valence-electron chi connectivity index (χ1n) is 8.82. The predicted octanol–water partition coefficient (Wildman–Crippen LogP) is 2.01. The van der Waals surface area contributed by atoms with Crippen molar-refractivity contribution in [3.8, 4) is 5.88 Å². The molecular weight excluding hydrogens is 335 g/mol. The molecule has 0 bridgehead atoms. The van der Waals surface area contributed by atoms with Crippen LogP contribution in [0.1, 0.15) is 12.1 Å². The lowest BCUT2D eigenvalue weighted by molar-refractivity contribution is -0.133.